The van der Waals surface area contributed by atoms with Crippen LogP contribution in [0.5, 0.6) is 0 Å². The molecule has 4 heteroatoms. The van der Waals surface area contributed by atoms with Gasteiger partial charge in [-0.05, 0) is 17.7 Å². The quantitative estimate of drug-likeness (QED) is 0.581. The smallest absolute Gasteiger partial charge is 0.271 e. The Kier molecular flexibility index (Phi) is 6.08. The summed E-state index contributed by atoms with van der Waals surface area (Å²) in [5.74, 6) is -0.257. The molecule has 24 heavy (non-hydrogen) atoms. The Hall–Kier alpha value is -3.14. The zero-order chi connectivity index (χ0) is 17.4. The lowest BCUT2D eigenvalue weighted by molar-refractivity contribution is -0.124. The van der Waals surface area contributed by atoms with Crippen LogP contribution in [0, 0.1) is 0 Å². The van der Waals surface area contributed by atoms with Gasteiger partial charge in [0.05, 0.1) is 0 Å². The van der Waals surface area contributed by atoms with E-state index in [1.165, 1.54) is 10.6 Å². The fourth-order valence-electron chi connectivity index (χ4n) is 2.28. The van der Waals surface area contributed by atoms with E-state index in [1.807, 2.05) is 30.3 Å². The predicted octanol–water partition coefficient (Wildman–Crippen LogP) is 3.05. The predicted molar refractivity (Wildman–Crippen MR) is 98.3 cm³/mol. The number of hydrogen-bond donors (Lipinski definition) is 0. The van der Waals surface area contributed by atoms with Crippen molar-refractivity contribution in [1.82, 2.24) is 9.47 Å². The standard InChI is InChI=1S/C20H20N2O2/c1-3-13-21(14-4-2)20(24)18(16-17-10-6-5-7-11-17)22-15-9-8-12-19(22)23/h3-12,15-16H,1-2,13-14H2/b18-16+. The topological polar surface area (TPSA) is 42.3 Å². The highest BCUT2D eigenvalue weighted by atomic mass is 16.2. The number of nitrogens with zero attached hydrogens (tertiary/aromatic N) is 2. The molecule has 1 aromatic heterocycles. The van der Waals surface area contributed by atoms with Crippen molar-refractivity contribution >= 4 is 17.7 Å². The fraction of sp³-hybridized carbons (Fsp3) is 0.100. The van der Waals surface area contributed by atoms with E-state index >= 15 is 0 Å². The van der Waals surface area contributed by atoms with Crippen LogP contribution in [0.3, 0.4) is 0 Å². The number of amides is 1. The minimum atomic E-state index is -0.259. The molecule has 0 atom stereocenters. The molecule has 0 aliphatic heterocycles. The largest absolute Gasteiger partial charge is 0.330 e. The second-order valence-corrected chi connectivity index (χ2v) is 5.14. The molecule has 0 bridgehead atoms. The Bertz CT molecular complexity index is 794. The van der Waals surface area contributed by atoms with Gasteiger partial charge in [-0.15, -0.1) is 13.2 Å². The van der Waals surface area contributed by atoms with Crippen LogP contribution in [0.2, 0.25) is 0 Å². The van der Waals surface area contributed by atoms with Gasteiger partial charge in [0, 0.05) is 25.4 Å². The number of aromatic nitrogens is 1. The molecule has 1 heterocycles. The number of carbonyl (C=O) groups excluding carboxylic acids is 1. The first kappa shape index (κ1) is 17.2. The molecule has 1 aromatic carbocycles. The summed E-state index contributed by atoms with van der Waals surface area (Å²) in [5, 5.41) is 0. The van der Waals surface area contributed by atoms with Crippen LogP contribution in [0.25, 0.3) is 11.8 Å². The van der Waals surface area contributed by atoms with Gasteiger partial charge in [0.2, 0.25) is 0 Å². The highest BCUT2D eigenvalue weighted by Crippen LogP contribution is 2.13. The van der Waals surface area contributed by atoms with Crippen molar-refractivity contribution in [3.8, 4) is 0 Å². The van der Waals surface area contributed by atoms with Crippen molar-refractivity contribution in [2.75, 3.05) is 13.1 Å². The molecule has 0 saturated carbocycles. The lowest BCUT2D eigenvalue weighted by atomic mass is 10.1. The Morgan fingerprint density at radius 1 is 1.00 bits per heavy atom. The van der Waals surface area contributed by atoms with E-state index in [4.69, 9.17) is 0 Å². The molecule has 0 fully saturated rings. The minimum Gasteiger partial charge on any atom is -0.330 e. The molecule has 4 nitrogen and oxygen atoms in total. The Balaban J connectivity index is 2.54. The third-order valence-corrected chi connectivity index (χ3v) is 3.39. The van der Waals surface area contributed by atoms with Gasteiger partial charge in [-0.3, -0.25) is 14.2 Å². The number of carbonyl (C=O) groups is 1. The number of rotatable bonds is 7. The first-order chi connectivity index (χ1) is 11.7. The molecular weight excluding hydrogens is 300 g/mol. The lowest BCUT2D eigenvalue weighted by Crippen LogP contribution is -2.35. The Morgan fingerprint density at radius 3 is 2.21 bits per heavy atom. The van der Waals surface area contributed by atoms with E-state index in [9.17, 15) is 9.59 Å². The second-order valence-electron chi connectivity index (χ2n) is 5.14. The van der Waals surface area contributed by atoms with Crippen LogP contribution in [0.4, 0.5) is 0 Å². The summed E-state index contributed by atoms with van der Waals surface area (Å²) in [4.78, 5) is 26.8. The summed E-state index contributed by atoms with van der Waals surface area (Å²) in [6.07, 6.45) is 6.60. The van der Waals surface area contributed by atoms with Crippen LogP contribution in [0.1, 0.15) is 5.56 Å². The number of benzene rings is 1. The maximum atomic E-state index is 13.0. The molecule has 0 saturated heterocycles. The van der Waals surface area contributed by atoms with Crippen molar-refractivity contribution in [3.05, 3.63) is 96.0 Å². The Labute approximate surface area is 141 Å². The highest BCUT2D eigenvalue weighted by Gasteiger charge is 2.18. The molecule has 0 spiro atoms. The first-order valence-electron chi connectivity index (χ1n) is 7.63. The first-order valence-corrected chi connectivity index (χ1v) is 7.63. The fourth-order valence-corrected chi connectivity index (χ4v) is 2.28. The Morgan fingerprint density at radius 2 is 1.62 bits per heavy atom. The molecule has 0 N–H and O–H groups in total. The highest BCUT2D eigenvalue weighted by molar-refractivity contribution is 6.18. The summed E-state index contributed by atoms with van der Waals surface area (Å²) in [7, 11) is 0. The van der Waals surface area contributed by atoms with Gasteiger partial charge in [-0.2, -0.15) is 0 Å². The molecule has 0 aliphatic carbocycles. The van der Waals surface area contributed by atoms with E-state index in [0.717, 1.165) is 5.56 Å². The van der Waals surface area contributed by atoms with Crippen LogP contribution in [-0.2, 0) is 4.79 Å². The summed E-state index contributed by atoms with van der Waals surface area (Å²) >= 11 is 0. The van der Waals surface area contributed by atoms with Gasteiger partial charge in [0.15, 0.2) is 0 Å². The van der Waals surface area contributed by atoms with Crippen LogP contribution in [0.15, 0.2) is 84.8 Å². The van der Waals surface area contributed by atoms with E-state index in [-0.39, 0.29) is 17.2 Å². The lowest BCUT2D eigenvalue weighted by Gasteiger charge is -2.22. The molecule has 2 rings (SSSR count). The average molecular weight is 320 g/mol. The van der Waals surface area contributed by atoms with Gasteiger partial charge in [0.25, 0.3) is 11.5 Å². The van der Waals surface area contributed by atoms with Crippen molar-refractivity contribution in [3.63, 3.8) is 0 Å². The monoisotopic (exact) mass is 320 g/mol. The van der Waals surface area contributed by atoms with Crippen molar-refractivity contribution in [1.29, 1.82) is 0 Å². The minimum absolute atomic E-state index is 0.257. The molecule has 0 radical (unpaired) electrons. The number of pyridine rings is 1. The average Bonchev–Trinajstić information content (AvgIpc) is 2.60. The normalized spacial score (nSPS) is 10.9. The van der Waals surface area contributed by atoms with Crippen molar-refractivity contribution in [2.45, 2.75) is 0 Å². The zero-order valence-corrected chi connectivity index (χ0v) is 13.5. The molecule has 0 aliphatic rings. The summed E-state index contributed by atoms with van der Waals surface area (Å²) in [5.41, 5.74) is 0.870. The molecule has 1 amide bonds. The van der Waals surface area contributed by atoms with Gasteiger partial charge < -0.3 is 4.90 Å². The third kappa shape index (κ3) is 4.20. The van der Waals surface area contributed by atoms with E-state index < -0.39 is 0 Å². The van der Waals surface area contributed by atoms with Gasteiger partial charge in [0.1, 0.15) is 5.70 Å². The maximum Gasteiger partial charge on any atom is 0.271 e. The maximum absolute atomic E-state index is 13.0. The van der Waals surface area contributed by atoms with Crippen molar-refractivity contribution in [2.24, 2.45) is 0 Å². The molecule has 2 aromatic rings. The summed E-state index contributed by atoms with van der Waals surface area (Å²) in [6.45, 7) is 8.11. The summed E-state index contributed by atoms with van der Waals surface area (Å²) < 4.78 is 1.36. The van der Waals surface area contributed by atoms with Crippen LogP contribution >= 0.6 is 0 Å². The van der Waals surface area contributed by atoms with Crippen LogP contribution < -0.4 is 5.56 Å². The van der Waals surface area contributed by atoms with Gasteiger partial charge in [-0.25, -0.2) is 0 Å². The van der Waals surface area contributed by atoms with Gasteiger partial charge in [-0.1, -0.05) is 48.6 Å². The van der Waals surface area contributed by atoms with Crippen molar-refractivity contribution < 1.29 is 4.79 Å². The van der Waals surface area contributed by atoms with E-state index in [1.54, 1.807) is 41.5 Å². The number of hydrogen-bond acceptors (Lipinski definition) is 2. The summed E-state index contributed by atoms with van der Waals surface area (Å²) in [6, 6.07) is 14.2. The third-order valence-electron chi connectivity index (χ3n) is 3.39. The van der Waals surface area contributed by atoms with E-state index in [2.05, 4.69) is 13.2 Å². The van der Waals surface area contributed by atoms with Crippen LogP contribution in [-0.4, -0.2) is 28.5 Å². The van der Waals surface area contributed by atoms with Gasteiger partial charge >= 0.3 is 0 Å². The molecule has 122 valence electrons. The molecular formula is C20H20N2O2. The molecule has 0 unspecified atom stereocenters. The second kappa shape index (κ2) is 8.48. The van der Waals surface area contributed by atoms with E-state index in [0.29, 0.717) is 13.1 Å². The SMILES string of the molecule is C=CCN(CC=C)C(=O)/C(=C\c1ccccc1)n1ccccc1=O. The zero-order valence-electron chi connectivity index (χ0n) is 13.5.